The molecule has 0 radical (unpaired) electrons. The Morgan fingerprint density at radius 2 is 2.27 bits per heavy atom. The van der Waals surface area contributed by atoms with Crippen molar-refractivity contribution in [2.75, 3.05) is 13.2 Å². The minimum absolute atomic E-state index is 0.215. The van der Waals surface area contributed by atoms with E-state index in [0.29, 0.717) is 6.61 Å². The number of hydrogen-bond acceptors (Lipinski definition) is 6. The molecule has 1 aliphatic rings. The Kier molecular flexibility index (Phi) is 5.70. The molecule has 0 amide bonds. The molecular weight excluding hydrogens is 360 g/mol. The van der Waals surface area contributed by atoms with Gasteiger partial charge < -0.3 is 19.7 Å². The molecule has 0 spiro atoms. The fourth-order valence-corrected chi connectivity index (χ4v) is 2.66. The van der Waals surface area contributed by atoms with Gasteiger partial charge >= 0.3 is 5.69 Å². The van der Waals surface area contributed by atoms with Crippen LogP contribution in [0.4, 0.5) is 0 Å². The van der Waals surface area contributed by atoms with Crippen LogP contribution in [0.15, 0.2) is 20.8 Å². The summed E-state index contributed by atoms with van der Waals surface area (Å²) in [7, 11) is 0. The summed E-state index contributed by atoms with van der Waals surface area (Å²) in [6, 6.07) is 0. The average molecular weight is 377 g/mol. The number of aliphatic hydroxyl groups excluding tert-OH is 2. The molecule has 122 valence electrons. The summed E-state index contributed by atoms with van der Waals surface area (Å²) in [5.74, 6) is 0. The highest BCUT2D eigenvalue weighted by molar-refractivity contribution is 9.11. The molecule has 9 heteroatoms. The molecule has 0 unspecified atom stereocenters. The topological polar surface area (TPSA) is 114 Å². The van der Waals surface area contributed by atoms with Gasteiger partial charge in [0.2, 0.25) is 0 Å². The van der Waals surface area contributed by atoms with Gasteiger partial charge in [-0.1, -0.05) is 15.9 Å². The van der Waals surface area contributed by atoms with Crippen LogP contribution in [0.5, 0.6) is 0 Å². The number of H-pyrrole nitrogens is 1. The Hall–Kier alpha value is -1.26. The van der Waals surface area contributed by atoms with Crippen molar-refractivity contribution < 1.29 is 19.7 Å². The minimum atomic E-state index is -1.15. The Bertz CT molecular complexity index is 655. The van der Waals surface area contributed by atoms with Crippen molar-refractivity contribution in [3.8, 4) is 0 Å². The largest absolute Gasteiger partial charge is 0.394 e. The zero-order chi connectivity index (χ0) is 16.3. The van der Waals surface area contributed by atoms with E-state index < -0.39 is 35.8 Å². The highest BCUT2D eigenvalue weighted by Gasteiger charge is 2.45. The number of rotatable bonds is 5. The van der Waals surface area contributed by atoms with Crippen molar-refractivity contribution in [2.45, 2.75) is 31.5 Å². The number of halogens is 1. The summed E-state index contributed by atoms with van der Waals surface area (Å²) in [6.45, 7) is 1.72. The molecule has 0 aromatic carbocycles. The fourth-order valence-electron chi connectivity index (χ4n) is 2.37. The van der Waals surface area contributed by atoms with Crippen LogP contribution in [0.3, 0.4) is 0 Å². The smallest absolute Gasteiger partial charge is 0.330 e. The van der Waals surface area contributed by atoms with Crippen LogP contribution in [0.1, 0.15) is 18.7 Å². The van der Waals surface area contributed by atoms with E-state index in [-0.39, 0.29) is 12.2 Å². The lowest BCUT2D eigenvalue weighted by Gasteiger charge is -2.19. The third-order valence-electron chi connectivity index (χ3n) is 3.36. The number of aromatic amines is 1. The summed E-state index contributed by atoms with van der Waals surface area (Å²) in [6.07, 6.45) is -0.972. The lowest BCUT2D eigenvalue weighted by molar-refractivity contribution is -0.0606. The molecule has 2 heterocycles. The summed E-state index contributed by atoms with van der Waals surface area (Å²) >= 11 is 3.06. The molecule has 22 heavy (non-hydrogen) atoms. The van der Waals surface area contributed by atoms with E-state index in [1.807, 2.05) is 0 Å². The van der Waals surface area contributed by atoms with Crippen molar-refractivity contribution in [3.63, 3.8) is 0 Å². The number of aliphatic hydroxyl groups is 2. The lowest BCUT2D eigenvalue weighted by atomic mass is 10.1. The molecule has 8 nitrogen and oxygen atoms in total. The number of hydrogen-bond donors (Lipinski definition) is 3. The second-order valence-corrected chi connectivity index (χ2v) is 5.23. The summed E-state index contributed by atoms with van der Waals surface area (Å²) in [5.41, 5.74) is -1.05. The lowest BCUT2D eigenvalue weighted by Crippen LogP contribution is -2.39. The third-order valence-corrected chi connectivity index (χ3v) is 3.62. The average Bonchev–Trinajstić information content (AvgIpc) is 2.79. The molecule has 4 atom stereocenters. The summed E-state index contributed by atoms with van der Waals surface area (Å²) in [4.78, 5) is 27.2. The second-order valence-electron chi connectivity index (χ2n) is 4.70. The standard InChI is InChI=1S/C13H17BrN2O6/c1-2-21-10-8(6-17)22-12(9(10)18)16-5-7(3-4-14)11(19)15-13(16)20/h3-5,8-10,12,17-18H,2,6H2,1H3,(H,15,19,20)/b4-3+/t8-,9+,10-,12-/m1/s1. The Balaban J connectivity index is 2.41. The molecule has 1 aromatic rings. The molecule has 0 bridgehead atoms. The Morgan fingerprint density at radius 1 is 1.55 bits per heavy atom. The molecule has 2 rings (SSSR count). The number of nitrogens with one attached hydrogen (secondary N) is 1. The Morgan fingerprint density at radius 3 is 2.86 bits per heavy atom. The van der Waals surface area contributed by atoms with Crippen molar-refractivity contribution in [1.82, 2.24) is 9.55 Å². The highest BCUT2D eigenvalue weighted by Crippen LogP contribution is 2.30. The van der Waals surface area contributed by atoms with Gasteiger partial charge in [-0.05, 0) is 18.0 Å². The fraction of sp³-hybridized carbons (Fsp3) is 0.538. The molecule has 1 aliphatic heterocycles. The van der Waals surface area contributed by atoms with Gasteiger partial charge in [0.15, 0.2) is 6.23 Å². The van der Waals surface area contributed by atoms with E-state index >= 15 is 0 Å². The van der Waals surface area contributed by atoms with Crippen molar-refractivity contribution in [3.05, 3.63) is 37.6 Å². The van der Waals surface area contributed by atoms with E-state index in [0.717, 1.165) is 4.57 Å². The number of nitrogens with zero attached hydrogens (tertiary/aromatic N) is 1. The first-order valence-corrected chi connectivity index (χ1v) is 7.63. The summed E-state index contributed by atoms with van der Waals surface area (Å²) in [5, 5.41) is 19.6. The number of aromatic nitrogens is 2. The van der Waals surface area contributed by atoms with Crippen LogP contribution in [0.25, 0.3) is 6.08 Å². The predicted octanol–water partition coefficient (Wildman–Crippen LogP) is -0.442. The van der Waals surface area contributed by atoms with Gasteiger partial charge in [0, 0.05) is 12.8 Å². The third kappa shape index (κ3) is 3.23. The van der Waals surface area contributed by atoms with E-state index in [1.54, 1.807) is 6.92 Å². The summed E-state index contributed by atoms with van der Waals surface area (Å²) < 4.78 is 12.0. The highest BCUT2D eigenvalue weighted by atomic mass is 79.9. The van der Waals surface area contributed by atoms with Gasteiger partial charge in [0.05, 0.1) is 12.2 Å². The van der Waals surface area contributed by atoms with Gasteiger partial charge in [0.1, 0.15) is 18.3 Å². The van der Waals surface area contributed by atoms with Crippen LogP contribution in [-0.2, 0) is 9.47 Å². The van der Waals surface area contributed by atoms with Crippen LogP contribution >= 0.6 is 15.9 Å². The van der Waals surface area contributed by atoms with E-state index in [1.165, 1.54) is 17.3 Å². The monoisotopic (exact) mass is 376 g/mol. The zero-order valence-corrected chi connectivity index (χ0v) is 13.4. The van der Waals surface area contributed by atoms with Crippen LogP contribution in [-0.4, -0.2) is 51.3 Å². The Labute approximate surface area is 134 Å². The van der Waals surface area contributed by atoms with Crippen LogP contribution in [0, 0.1) is 0 Å². The maximum Gasteiger partial charge on any atom is 0.330 e. The van der Waals surface area contributed by atoms with Crippen molar-refractivity contribution in [1.29, 1.82) is 0 Å². The normalized spacial score (nSPS) is 28.5. The van der Waals surface area contributed by atoms with Crippen LogP contribution in [0.2, 0.25) is 0 Å². The van der Waals surface area contributed by atoms with E-state index in [9.17, 15) is 19.8 Å². The predicted molar refractivity (Wildman–Crippen MR) is 81.7 cm³/mol. The maximum atomic E-state index is 12.0. The molecule has 1 aromatic heterocycles. The van der Waals surface area contributed by atoms with Gasteiger partial charge in [-0.25, -0.2) is 4.79 Å². The first-order valence-electron chi connectivity index (χ1n) is 6.71. The molecule has 1 saturated heterocycles. The second kappa shape index (κ2) is 7.34. The quantitative estimate of drug-likeness (QED) is 0.641. The van der Waals surface area contributed by atoms with Crippen molar-refractivity contribution in [2.24, 2.45) is 0 Å². The molecular formula is C13H17BrN2O6. The first kappa shape index (κ1) is 17.1. The molecule has 1 fully saturated rings. The zero-order valence-electron chi connectivity index (χ0n) is 11.8. The SMILES string of the molecule is CCO[C@H]1[C@H](O)[C@H](n2cc(/C=C/Br)c(=O)[nH]c2=O)O[C@@H]1CO. The first-order chi connectivity index (χ1) is 10.5. The molecule has 0 aliphatic carbocycles. The van der Waals surface area contributed by atoms with Gasteiger partial charge in [0.25, 0.3) is 5.56 Å². The minimum Gasteiger partial charge on any atom is -0.394 e. The number of ether oxygens (including phenoxy) is 2. The van der Waals surface area contributed by atoms with E-state index in [4.69, 9.17) is 9.47 Å². The molecule has 3 N–H and O–H groups in total. The maximum absolute atomic E-state index is 12.0. The van der Waals surface area contributed by atoms with Gasteiger partial charge in [-0.3, -0.25) is 14.3 Å². The van der Waals surface area contributed by atoms with Crippen molar-refractivity contribution >= 4 is 22.0 Å². The molecule has 0 saturated carbocycles. The van der Waals surface area contributed by atoms with Gasteiger partial charge in [-0.15, -0.1) is 0 Å². The van der Waals surface area contributed by atoms with Gasteiger partial charge in [-0.2, -0.15) is 0 Å². The van der Waals surface area contributed by atoms with E-state index in [2.05, 4.69) is 20.9 Å². The van der Waals surface area contributed by atoms with Crippen LogP contribution < -0.4 is 11.2 Å².